The smallest absolute Gasteiger partial charge is 0.306 e. The number of rotatable bonds is 6. The van der Waals surface area contributed by atoms with Gasteiger partial charge in [-0.15, -0.1) is 0 Å². The highest BCUT2D eigenvalue weighted by molar-refractivity contribution is 5.91. The largest absolute Gasteiger partial charge is 0.458 e. The van der Waals surface area contributed by atoms with Gasteiger partial charge in [-0.25, -0.2) is 0 Å². The number of fused-ring (bicyclic) bond motifs is 5. The molecule has 0 aromatic heterocycles. The first-order valence-electron chi connectivity index (χ1n) is 13.3. The monoisotopic (exact) mass is 462 g/mol. The molecule has 4 heteroatoms. The Morgan fingerprint density at radius 3 is 2.56 bits per heavy atom. The van der Waals surface area contributed by atoms with Crippen molar-refractivity contribution >= 4 is 17.5 Å². The minimum Gasteiger partial charge on any atom is -0.458 e. The van der Waals surface area contributed by atoms with Crippen LogP contribution in [0.3, 0.4) is 0 Å². The highest BCUT2D eigenvalue weighted by Crippen LogP contribution is 2.66. The molecule has 6 atom stereocenters. The summed E-state index contributed by atoms with van der Waals surface area (Å²) in [5.41, 5.74) is 2.67. The molecule has 0 amide bonds. The lowest BCUT2D eigenvalue weighted by Gasteiger charge is -2.58. The molecule has 0 aliphatic heterocycles. The minimum atomic E-state index is -0.285. The summed E-state index contributed by atoms with van der Waals surface area (Å²) in [5, 5.41) is 0. The molecule has 0 bridgehead atoms. The van der Waals surface area contributed by atoms with Crippen LogP contribution < -0.4 is 0 Å². The fourth-order valence-corrected chi connectivity index (χ4v) is 8.30. The van der Waals surface area contributed by atoms with Crippen molar-refractivity contribution in [2.75, 3.05) is 6.61 Å². The number of hydrogen-bond acceptors (Lipinski definition) is 4. The van der Waals surface area contributed by atoms with Crippen LogP contribution in [-0.4, -0.2) is 24.1 Å². The third kappa shape index (κ3) is 4.07. The molecule has 1 aromatic rings. The van der Waals surface area contributed by atoms with E-state index in [0.29, 0.717) is 42.8 Å². The molecule has 0 saturated heterocycles. The molecule has 182 valence electrons. The molecule has 0 N–H and O–H groups in total. The second kappa shape index (κ2) is 9.09. The Morgan fingerprint density at radius 1 is 0.971 bits per heavy atom. The standard InChI is InChI=1S/C30H38O4/c1-29-16-14-22(31)18-21(29)9-10-23-24-11-12-26(30(24,2)17-15-25(23)29)27(32)19-34-28(33)13-8-20-6-4-3-5-7-20/h3-7,18,23-26H,8-17,19H2,1-2H3/t23?,24?,25?,26?,29-,30-/m0/s1. The number of Topliss-reactive ketones (excluding diaryl/α,β-unsaturated/α-hetero) is 1. The van der Waals surface area contributed by atoms with E-state index in [1.807, 2.05) is 36.4 Å². The SMILES string of the molecule is C[C@]12CCC3C(CCC4=CC(=O)CC[C@@]43C)C1CCC2C(=O)COC(=O)CCc1ccccc1. The van der Waals surface area contributed by atoms with E-state index in [4.69, 9.17) is 4.74 Å². The highest BCUT2D eigenvalue weighted by Gasteiger charge is 2.60. The van der Waals surface area contributed by atoms with Crippen LogP contribution >= 0.6 is 0 Å². The number of carbonyl (C=O) groups is 3. The Morgan fingerprint density at radius 2 is 1.76 bits per heavy atom. The Labute approximate surface area is 203 Å². The first-order valence-corrected chi connectivity index (χ1v) is 13.3. The normalized spacial score (nSPS) is 36.6. The highest BCUT2D eigenvalue weighted by atomic mass is 16.5. The summed E-state index contributed by atoms with van der Waals surface area (Å²) >= 11 is 0. The summed E-state index contributed by atoms with van der Waals surface area (Å²) in [6, 6.07) is 9.90. The fraction of sp³-hybridized carbons (Fsp3) is 0.633. The van der Waals surface area contributed by atoms with Crippen LogP contribution in [0.25, 0.3) is 0 Å². The van der Waals surface area contributed by atoms with Crippen LogP contribution in [0.15, 0.2) is 42.0 Å². The van der Waals surface area contributed by atoms with Crippen LogP contribution in [0.2, 0.25) is 0 Å². The molecule has 4 aliphatic carbocycles. The summed E-state index contributed by atoms with van der Waals surface area (Å²) in [7, 11) is 0. The molecule has 4 unspecified atom stereocenters. The van der Waals surface area contributed by atoms with Crippen molar-refractivity contribution in [1.82, 2.24) is 0 Å². The zero-order valence-electron chi connectivity index (χ0n) is 20.7. The maximum atomic E-state index is 13.2. The van der Waals surface area contributed by atoms with Crippen molar-refractivity contribution in [3.8, 4) is 0 Å². The molecule has 4 nitrogen and oxygen atoms in total. The Bertz CT molecular complexity index is 994. The molecule has 0 radical (unpaired) electrons. The number of benzene rings is 1. The Hall–Kier alpha value is -2.23. The lowest BCUT2D eigenvalue weighted by molar-refractivity contribution is -0.151. The second-order valence-corrected chi connectivity index (χ2v) is 11.8. The second-order valence-electron chi connectivity index (χ2n) is 11.8. The summed E-state index contributed by atoms with van der Waals surface area (Å²) in [6.07, 6.45) is 11.0. The van der Waals surface area contributed by atoms with Gasteiger partial charge < -0.3 is 4.74 Å². The van der Waals surface area contributed by atoms with Gasteiger partial charge in [0.15, 0.2) is 11.6 Å². The number of esters is 1. The van der Waals surface area contributed by atoms with Crippen LogP contribution in [0, 0.1) is 34.5 Å². The molecule has 3 saturated carbocycles. The maximum Gasteiger partial charge on any atom is 0.306 e. The average molecular weight is 463 g/mol. The van der Waals surface area contributed by atoms with Crippen molar-refractivity contribution in [3.63, 3.8) is 0 Å². The maximum absolute atomic E-state index is 13.2. The molecule has 3 fully saturated rings. The number of hydrogen-bond donors (Lipinski definition) is 0. The van der Waals surface area contributed by atoms with Crippen molar-refractivity contribution in [1.29, 1.82) is 0 Å². The van der Waals surface area contributed by atoms with Crippen molar-refractivity contribution in [2.45, 2.75) is 78.1 Å². The van der Waals surface area contributed by atoms with E-state index in [1.54, 1.807) is 0 Å². The van der Waals surface area contributed by atoms with E-state index in [0.717, 1.165) is 50.5 Å². The molecule has 34 heavy (non-hydrogen) atoms. The number of allylic oxidation sites excluding steroid dienone is 1. The summed E-state index contributed by atoms with van der Waals surface area (Å²) in [4.78, 5) is 37.6. The van der Waals surface area contributed by atoms with Crippen LogP contribution in [-0.2, 0) is 25.5 Å². The Kier molecular flexibility index (Phi) is 6.29. The van der Waals surface area contributed by atoms with Crippen molar-refractivity contribution in [2.24, 2.45) is 34.5 Å². The summed E-state index contributed by atoms with van der Waals surface area (Å²) < 4.78 is 5.44. The third-order valence-electron chi connectivity index (χ3n) is 10.2. The van der Waals surface area contributed by atoms with Gasteiger partial charge in [0.05, 0.1) is 0 Å². The quantitative estimate of drug-likeness (QED) is 0.495. The lowest BCUT2D eigenvalue weighted by atomic mass is 9.46. The van der Waals surface area contributed by atoms with Gasteiger partial charge in [-0.05, 0) is 91.6 Å². The average Bonchev–Trinajstić information content (AvgIpc) is 3.19. The van der Waals surface area contributed by atoms with Gasteiger partial charge in [0, 0.05) is 18.8 Å². The summed E-state index contributed by atoms with van der Waals surface area (Å²) in [5.74, 6) is 1.96. The minimum absolute atomic E-state index is 0.00180. The number of ketones is 2. The van der Waals surface area contributed by atoms with Crippen LogP contribution in [0.5, 0.6) is 0 Å². The van der Waals surface area contributed by atoms with E-state index in [-0.39, 0.29) is 35.1 Å². The van der Waals surface area contributed by atoms with E-state index in [9.17, 15) is 14.4 Å². The van der Waals surface area contributed by atoms with Gasteiger partial charge in [0.1, 0.15) is 6.61 Å². The van der Waals surface area contributed by atoms with E-state index in [1.165, 1.54) is 5.57 Å². The van der Waals surface area contributed by atoms with Gasteiger partial charge in [0.2, 0.25) is 0 Å². The van der Waals surface area contributed by atoms with Gasteiger partial charge >= 0.3 is 5.97 Å². The first-order chi connectivity index (χ1) is 16.3. The molecule has 5 rings (SSSR count). The lowest BCUT2D eigenvalue weighted by Crippen LogP contribution is -2.51. The predicted molar refractivity (Wildman–Crippen MR) is 131 cm³/mol. The van der Waals surface area contributed by atoms with Crippen LogP contribution in [0.1, 0.15) is 77.2 Å². The number of carbonyl (C=O) groups excluding carboxylic acids is 3. The fourth-order valence-electron chi connectivity index (χ4n) is 8.30. The Balaban J connectivity index is 1.20. The van der Waals surface area contributed by atoms with Gasteiger partial charge in [-0.1, -0.05) is 49.8 Å². The summed E-state index contributed by atoms with van der Waals surface area (Å²) in [6.45, 7) is 4.65. The molecule has 4 aliphatic rings. The van der Waals surface area contributed by atoms with E-state index >= 15 is 0 Å². The molecule has 0 spiro atoms. The van der Waals surface area contributed by atoms with Gasteiger partial charge in [-0.2, -0.15) is 0 Å². The zero-order valence-corrected chi connectivity index (χ0v) is 20.7. The molecule has 0 heterocycles. The first kappa shape index (κ1) is 23.5. The zero-order chi connectivity index (χ0) is 23.9. The van der Waals surface area contributed by atoms with E-state index < -0.39 is 0 Å². The molecule has 1 aromatic carbocycles. The molecular formula is C30H38O4. The van der Waals surface area contributed by atoms with Crippen molar-refractivity contribution in [3.05, 3.63) is 47.5 Å². The van der Waals surface area contributed by atoms with Gasteiger partial charge in [0.25, 0.3) is 0 Å². The number of ether oxygens (including phenoxy) is 1. The predicted octanol–water partition coefficient (Wildman–Crippen LogP) is 5.88. The topological polar surface area (TPSA) is 60.4 Å². The third-order valence-corrected chi connectivity index (χ3v) is 10.2. The van der Waals surface area contributed by atoms with Crippen molar-refractivity contribution < 1.29 is 19.1 Å². The number of aryl methyl sites for hydroxylation is 1. The van der Waals surface area contributed by atoms with Crippen LogP contribution in [0.4, 0.5) is 0 Å². The molecular weight excluding hydrogens is 424 g/mol. The van der Waals surface area contributed by atoms with Gasteiger partial charge in [-0.3, -0.25) is 14.4 Å². The van der Waals surface area contributed by atoms with E-state index in [2.05, 4.69) is 13.8 Å².